The third-order valence-electron chi connectivity index (χ3n) is 4.46. The van der Waals surface area contributed by atoms with Gasteiger partial charge >= 0.3 is 0 Å². The molecule has 0 heterocycles. The van der Waals surface area contributed by atoms with Crippen LogP contribution >= 0.6 is 0 Å². The van der Waals surface area contributed by atoms with Crippen molar-refractivity contribution in [2.75, 3.05) is 18.8 Å². The molecule has 0 amide bonds. The molecule has 1 saturated carbocycles. The first-order valence-electron chi connectivity index (χ1n) is 9.11. The Morgan fingerprint density at radius 1 is 1.21 bits per heavy atom. The molecule has 4 nitrogen and oxygen atoms in total. The second-order valence-corrected chi connectivity index (χ2v) is 8.21. The minimum Gasteiger partial charge on any atom is -0.357 e. The number of nitrogens with zero attached hydrogens (tertiary/aromatic N) is 1. The van der Waals surface area contributed by atoms with Gasteiger partial charge in [-0.3, -0.25) is 9.20 Å². The summed E-state index contributed by atoms with van der Waals surface area (Å²) in [6.45, 7) is 5.85. The Hall–Kier alpha value is -1.36. The molecule has 1 aliphatic rings. The van der Waals surface area contributed by atoms with Crippen LogP contribution in [-0.4, -0.2) is 35.1 Å². The van der Waals surface area contributed by atoms with E-state index in [1.165, 1.54) is 25.7 Å². The summed E-state index contributed by atoms with van der Waals surface area (Å²) in [5, 5.41) is 6.85. The number of hydrogen-bond donors (Lipinski definition) is 2. The minimum atomic E-state index is -0.865. The first kappa shape index (κ1) is 19.0. The van der Waals surface area contributed by atoms with E-state index in [4.69, 9.17) is 0 Å². The van der Waals surface area contributed by atoms with Gasteiger partial charge in [0.15, 0.2) is 5.96 Å². The average Bonchev–Trinajstić information content (AvgIpc) is 2.58. The van der Waals surface area contributed by atoms with Crippen molar-refractivity contribution < 1.29 is 4.21 Å². The minimum absolute atomic E-state index is 0.522. The van der Waals surface area contributed by atoms with E-state index < -0.39 is 10.8 Å². The van der Waals surface area contributed by atoms with Gasteiger partial charge in [0, 0.05) is 34.9 Å². The van der Waals surface area contributed by atoms with Crippen molar-refractivity contribution in [2.45, 2.75) is 51.3 Å². The summed E-state index contributed by atoms with van der Waals surface area (Å²) in [5.41, 5.74) is 1.13. The second-order valence-electron chi connectivity index (χ2n) is 6.64. The Morgan fingerprint density at radius 2 is 1.92 bits per heavy atom. The molecule has 2 rings (SSSR count). The molecule has 1 aliphatic carbocycles. The molecule has 1 atom stereocenters. The Kier molecular flexibility index (Phi) is 8.29. The predicted octanol–water partition coefficient (Wildman–Crippen LogP) is 3.07. The highest BCUT2D eigenvalue weighted by Crippen LogP contribution is 2.23. The molecule has 0 aromatic heterocycles. The average molecular weight is 350 g/mol. The number of guanidine groups is 1. The van der Waals surface area contributed by atoms with Crippen molar-refractivity contribution >= 4 is 16.8 Å². The Balaban J connectivity index is 1.76. The zero-order valence-electron chi connectivity index (χ0n) is 15.0. The Bertz CT molecular complexity index is 525. The lowest BCUT2D eigenvalue weighted by molar-refractivity contribution is 0.329. The quantitative estimate of drug-likeness (QED) is 0.587. The molecule has 0 aliphatic heterocycles. The van der Waals surface area contributed by atoms with E-state index >= 15 is 0 Å². The van der Waals surface area contributed by atoms with Crippen LogP contribution in [0.1, 0.15) is 45.1 Å². The van der Waals surface area contributed by atoms with Crippen LogP contribution in [0.5, 0.6) is 0 Å². The van der Waals surface area contributed by atoms with Crippen molar-refractivity contribution in [2.24, 2.45) is 10.9 Å². The van der Waals surface area contributed by atoms with Gasteiger partial charge in [-0.05, 0) is 44.1 Å². The number of benzene rings is 1. The lowest BCUT2D eigenvalue weighted by atomic mass is 9.87. The van der Waals surface area contributed by atoms with E-state index in [-0.39, 0.29) is 0 Å². The number of aliphatic imine (C=N–C) groups is 1. The number of rotatable bonds is 7. The molecule has 0 saturated heterocycles. The summed E-state index contributed by atoms with van der Waals surface area (Å²) in [7, 11) is -0.865. The third-order valence-corrected chi connectivity index (χ3v) is 5.75. The fourth-order valence-electron chi connectivity index (χ4n) is 3.01. The SMILES string of the molecule is CCNC(=NCCS(=O)Cc1ccccc1)NC1CCC(C)CC1. The normalized spacial score (nSPS) is 22.8. The Morgan fingerprint density at radius 3 is 2.58 bits per heavy atom. The van der Waals surface area contributed by atoms with E-state index in [2.05, 4.69) is 29.5 Å². The van der Waals surface area contributed by atoms with Crippen LogP contribution in [0.2, 0.25) is 0 Å². The van der Waals surface area contributed by atoms with Gasteiger partial charge in [0.25, 0.3) is 0 Å². The fourth-order valence-corrected chi connectivity index (χ4v) is 4.01. The monoisotopic (exact) mass is 349 g/mol. The fraction of sp³-hybridized carbons (Fsp3) is 0.632. The number of nitrogens with one attached hydrogen (secondary N) is 2. The molecule has 24 heavy (non-hydrogen) atoms. The standard InChI is InChI=1S/C19H31N3OS/c1-3-20-19(22-18-11-9-16(2)10-12-18)21-13-14-24(23)15-17-7-5-4-6-8-17/h4-8,16,18H,3,9-15H2,1-2H3,(H2,20,21,22). The van der Waals surface area contributed by atoms with Gasteiger partial charge in [-0.1, -0.05) is 37.3 Å². The van der Waals surface area contributed by atoms with E-state index in [1.807, 2.05) is 30.3 Å². The summed E-state index contributed by atoms with van der Waals surface area (Å²) in [6, 6.07) is 10.5. The maximum absolute atomic E-state index is 12.2. The lowest BCUT2D eigenvalue weighted by Gasteiger charge is -2.28. The Labute approximate surface area is 149 Å². The second kappa shape index (κ2) is 10.5. The maximum Gasteiger partial charge on any atom is 0.191 e. The van der Waals surface area contributed by atoms with E-state index in [1.54, 1.807) is 0 Å². The molecule has 1 fully saturated rings. The molecular formula is C19H31N3OS. The zero-order chi connectivity index (χ0) is 17.2. The summed E-state index contributed by atoms with van der Waals surface area (Å²) in [4.78, 5) is 4.61. The highest BCUT2D eigenvalue weighted by atomic mass is 32.2. The van der Waals surface area contributed by atoms with Crippen molar-refractivity contribution in [3.63, 3.8) is 0 Å². The first-order chi connectivity index (χ1) is 11.7. The van der Waals surface area contributed by atoms with Crippen molar-refractivity contribution in [3.8, 4) is 0 Å². The van der Waals surface area contributed by atoms with Gasteiger partial charge in [0.2, 0.25) is 0 Å². The van der Waals surface area contributed by atoms with Crippen molar-refractivity contribution in [1.82, 2.24) is 10.6 Å². The van der Waals surface area contributed by atoms with Gasteiger partial charge in [0.05, 0.1) is 6.54 Å². The molecule has 0 bridgehead atoms. The van der Waals surface area contributed by atoms with E-state index in [0.717, 1.165) is 24.0 Å². The smallest absolute Gasteiger partial charge is 0.191 e. The van der Waals surface area contributed by atoms with Crippen LogP contribution in [0.25, 0.3) is 0 Å². The van der Waals surface area contributed by atoms with Gasteiger partial charge < -0.3 is 10.6 Å². The highest BCUT2D eigenvalue weighted by molar-refractivity contribution is 7.84. The zero-order valence-corrected chi connectivity index (χ0v) is 15.8. The first-order valence-corrected chi connectivity index (χ1v) is 10.6. The molecule has 0 radical (unpaired) electrons. The third kappa shape index (κ3) is 7.04. The van der Waals surface area contributed by atoms with Gasteiger partial charge in [-0.2, -0.15) is 0 Å². The summed E-state index contributed by atoms with van der Waals surface area (Å²) < 4.78 is 12.2. The lowest BCUT2D eigenvalue weighted by Crippen LogP contribution is -2.44. The van der Waals surface area contributed by atoms with Crippen LogP contribution in [0.4, 0.5) is 0 Å². The van der Waals surface area contributed by atoms with Crippen LogP contribution in [0, 0.1) is 5.92 Å². The van der Waals surface area contributed by atoms with Crippen molar-refractivity contribution in [3.05, 3.63) is 35.9 Å². The molecule has 0 spiro atoms. The molecule has 134 valence electrons. The van der Waals surface area contributed by atoms with E-state index in [0.29, 0.717) is 24.1 Å². The topological polar surface area (TPSA) is 53.5 Å². The van der Waals surface area contributed by atoms with Gasteiger partial charge in [-0.15, -0.1) is 0 Å². The maximum atomic E-state index is 12.2. The van der Waals surface area contributed by atoms with Crippen LogP contribution in [0.3, 0.4) is 0 Å². The van der Waals surface area contributed by atoms with Crippen LogP contribution in [-0.2, 0) is 16.6 Å². The predicted molar refractivity (Wildman–Crippen MR) is 104 cm³/mol. The molecule has 1 unspecified atom stereocenters. The van der Waals surface area contributed by atoms with Gasteiger partial charge in [0.1, 0.15) is 0 Å². The molecule has 2 N–H and O–H groups in total. The summed E-state index contributed by atoms with van der Waals surface area (Å²) >= 11 is 0. The van der Waals surface area contributed by atoms with Crippen molar-refractivity contribution in [1.29, 1.82) is 0 Å². The van der Waals surface area contributed by atoms with Crippen LogP contribution in [0.15, 0.2) is 35.3 Å². The highest BCUT2D eigenvalue weighted by Gasteiger charge is 2.18. The molecular weight excluding hydrogens is 318 g/mol. The van der Waals surface area contributed by atoms with Crippen LogP contribution < -0.4 is 10.6 Å². The van der Waals surface area contributed by atoms with Gasteiger partial charge in [-0.25, -0.2) is 0 Å². The molecule has 1 aromatic rings. The number of hydrogen-bond acceptors (Lipinski definition) is 2. The molecule has 1 aromatic carbocycles. The summed E-state index contributed by atoms with van der Waals surface area (Å²) in [6.07, 6.45) is 5.01. The van der Waals surface area contributed by atoms with E-state index in [9.17, 15) is 4.21 Å². The largest absolute Gasteiger partial charge is 0.357 e. The summed E-state index contributed by atoms with van der Waals surface area (Å²) in [5.74, 6) is 2.94. The molecule has 5 heteroatoms.